The molecule has 1 aromatic rings. The Morgan fingerprint density at radius 3 is 2.31 bits per heavy atom. The van der Waals surface area contributed by atoms with Crippen LogP contribution in [0.25, 0.3) is 0 Å². The third kappa shape index (κ3) is 3.79. The average molecular weight is 219 g/mol. The van der Waals surface area contributed by atoms with E-state index in [2.05, 4.69) is 0 Å². The minimum absolute atomic E-state index is 0. The fourth-order valence-electron chi connectivity index (χ4n) is 1.01. The molecule has 0 unspecified atom stereocenters. The van der Waals surface area contributed by atoms with Crippen molar-refractivity contribution >= 4 is 29.8 Å². The Labute approximate surface area is 89.5 Å². The van der Waals surface area contributed by atoms with Crippen LogP contribution >= 0.6 is 24.0 Å². The first-order chi connectivity index (χ1) is 5.74. The van der Waals surface area contributed by atoms with Crippen LogP contribution in [0.3, 0.4) is 0 Å². The quantitative estimate of drug-likeness (QED) is 0.707. The van der Waals surface area contributed by atoms with E-state index in [1.54, 1.807) is 24.3 Å². The van der Waals surface area contributed by atoms with Crippen LogP contribution in [0.4, 0.5) is 0 Å². The van der Waals surface area contributed by atoms with E-state index in [-0.39, 0.29) is 18.2 Å². The van der Waals surface area contributed by atoms with Crippen molar-refractivity contribution in [1.29, 1.82) is 0 Å². The van der Waals surface area contributed by atoms with Gasteiger partial charge in [-0.15, -0.1) is 12.4 Å². The summed E-state index contributed by atoms with van der Waals surface area (Å²) in [5.41, 5.74) is 0.751. The second-order valence-electron chi connectivity index (χ2n) is 2.68. The summed E-state index contributed by atoms with van der Waals surface area (Å²) in [5, 5.41) is 0.669. The molecule has 0 N–H and O–H groups in total. The summed E-state index contributed by atoms with van der Waals surface area (Å²) in [4.78, 5) is 11.3. The fourth-order valence-corrected chi connectivity index (χ4v) is 1.13. The minimum atomic E-state index is 0. The molecule has 0 aliphatic heterocycles. The van der Waals surface area contributed by atoms with E-state index in [0.717, 1.165) is 12.0 Å². The van der Waals surface area contributed by atoms with Gasteiger partial charge in [0.2, 0.25) is 0 Å². The number of hydrogen-bond donors (Lipinski definition) is 0. The second-order valence-corrected chi connectivity index (χ2v) is 3.12. The number of ketones is 1. The number of benzene rings is 1. The highest BCUT2D eigenvalue weighted by molar-refractivity contribution is 6.30. The van der Waals surface area contributed by atoms with E-state index < -0.39 is 0 Å². The topological polar surface area (TPSA) is 17.1 Å². The van der Waals surface area contributed by atoms with Crippen molar-refractivity contribution in [2.24, 2.45) is 0 Å². The summed E-state index contributed by atoms with van der Waals surface area (Å²) in [6, 6.07) is 7.01. The van der Waals surface area contributed by atoms with Crippen LogP contribution < -0.4 is 0 Å². The predicted molar refractivity (Wildman–Crippen MR) is 57.9 cm³/mol. The first-order valence-corrected chi connectivity index (χ1v) is 4.40. The molecule has 0 saturated heterocycles. The summed E-state index contributed by atoms with van der Waals surface area (Å²) in [5.74, 6) is 0.189. The predicted octanol–water partition coefficient (Wildman–Crippen LogP) is 3.74. The highest BCUT2D eigenvalue weighted by Gasteiger charge is 2.02. The molecule has 0 amide bonds. The molecule has 0 atom stereocenters. The Balaban J connectivity index is 0.00000144. The van der Waals surface area contributed by atoms with E-state index in [9.17, 15) is 4.79 Å². The molecule has 1 aromatic carbocycles. The van der Waals surface area contributed by atoms with E-state index in [0.29, 0.717) is 11.4 Å². The van der Waals surface area contributed by atoms with E-state index >= 15 is 0 Å². The lowest BCUT2D eigenvalue weighted by Gasteiger charge is -1.97. The van der Waals surface area contributed by atoms with E-state index in [1.165, 1.54) is 0 Å². The summed E-state index contributed by atoms with van der Waals surface area (Å²) >= 11 is 5.68. The lowest BCUT2D eigenvalue weighted by Crippen LogP contribution is -1.96. The van der Waals surface area contributed by atoms with Gasteiger partial charge in [0.05, 0.1) is 0 Å². The molecule has 0 aromatic heterocycles. The lowest BCUT2D eigenvalue weighted by atomic mass is 10.1. The number of hydrogen-bond acceptors (Lipinski definition) is 1. The minimum Gasteiger partial charge on any atom is -0.294 e. The van der Waals surface area contributed by atoms with Gasteiger partial charge in [-0.3, -0.25) is 4.79 Å². The Kier molecular flexibility index (Phi) is 5.76. The molecule has 0 heterocycles. The average Bonchev–Trinajstić information content (AvgIpc) is 2.06. The smallest absolute Gasteiger partial charge is 0.162 e. The number of carbonyl (C=O) groups excluding carboxylic acids is 1. The van der Waals surface area contributed by atoms with Crippen molar-refractivity contribution in [2.45, 2.75) is 19.8 Å². The highest BCUT2D eigenvalue weighted by Crippen LogP contribution is 2.11. The molecule has 0 radical (unpaired) electrons. The van der Waals surface area contributed by atoms with Gasteiger partial charge in [-0.25, -0.2) is 0 Å². The summed E-state index contributed by atoms with van der Waals surface area (Å²) in [6.07, 6.45) is 1.50. The zero-order chi connectivity index (χ0) is 8.97. The number of rotatable bonds is 3. The van der Waals surface area contributed by atoms with Gasteiger partial charge in [0, 0.05) is 17.0 Å². The number of halogens is 2. The first kappa shape index (κ1) is 12.5. The standard InChI is InChI=1S/C10H11ClO.ClH/c1-2-3-10(12)8-4-6-9(11)7-5-8;/h4-7H,2-3H2,1H3;1H. The van der Waals surface area contributed by atoms with Crippen LogP contribution in [0, 0.1) is 0 Å². The van der Waals surface area contributed by atoms with Crippen LogP contribution in [0.5, 0.6) is 0 Å². The normalized spacial score (nSPS) is 9.08. The largest absolute Gasteiger partial charge is 0.294 e. The third-order valence-electron chi connectivity index (χ3n) is 1.64. The Bertz CT molecular complexity index is 267. The molecule has 0 fully saturated rings. The van der Waals surface area contributed by atoms with Gasteiger partial charge in [0.1, 0.15) is 0 Å². The molecule has 0 bridgehead atoms. The molecule has 1 rings (SSSR count). The Morgan fingerprint density at radius 2 is 1.85 bits per heavy atom. The Hall–Kier alpha value is -0.530. The third-order valence-corrected chi connectivity index (χ3v) is 1.90. The van der Waals surface area contributed by atoms with Gasteiger partial charge in [0.25, 0.3) is 0 Å². The molecule has 0 saturated carbocycles. The monoisotopic (exact) mass is 218 g/mol. The van der Waals surface area contributed by atoms with Crippen molar-refractivity contribution in [1.82, 2.24) is 0 Å². The summed E-state index contributed by atoms with van der Waals surface area (Å²) in [6.45, 7) is 1.99. The van der Waals surface area contributed by atoms with Crippen LogP contribution in [0.2, 0.25) is 5.02 Å². The zero-order valence-electron chi connectivity index (χ0n) is 7.42. The molecule has 13 heavy (non-hydrogen) atoms. The van der Waals surface area contributed by atoms with Crippen LogP contribution in [0.15, 0.2) is 24.3 Å². The summed E-state index contributed by atoms with van der Waals surface area (Å²) < 4.78 is 0. The van der Waals surface area contributed by atoms with Gasteiger partial charge in [-0.2, -0.15) is 0 Å². The van der Waals surface area contributed by atoms with Crippen LogP contribution in [0.1, 0.15) is 30.1 Å². The van der Waals surface area contributed by atoms with Gasteiger partial charge >= 0.3 is 0 Å². The van der Waals surface area contributed by atoms with Gasteiger partial charge in [0.15, 0.2) is 5.78 Å². The van der Waals surface area contributed by atoms with E-state index in [4.69, 9.17) is 11.6 Å². The van der Waals surface area contributed by atoms with Crippen LogP contribution in [-0.2, 0) is 0 Å². The van der Waals surface area contributed by atoms with E-state index in [1.807, 2.05) is 6.92 Å². The molecular formula is C10H12Cl2O. The lowest BCUT2D eigenvalue weighted by molar-refractivity contribution is 0.0982. The van der Waals surface area contributed by atoms with Gasteiger partial charge in [-0.1, -0.05) is 18.5 Å². The van der Waals surface area contributed by atoms with Crippen molar-refractivity contribution in [3.8, 4) is 0 Å². The van der Waals surface area contributed by atoms with Gasteiger partial charge in [-0.05, 0) is 30.7 Å². The Morgan fingerprint density at radius 1 is 1.31 bits per heavy atom. The molecule has 72 valence electrons. The highest BCUT2D eigenvalue weighted by atomic mass is 35.5. The van der Waals surface area contributed by atoms with Crippen molar-refractivity contribution in [2.75, 3.05) is 0 Å². The van der Waals surface area contributed by atoms with Crippen LogP contribution in [-0.4, -0.2) is 5.78 Å². The first-order valence-electron chi connectivity index (χ1n) is 4.03. The summed E-state index contributed by atoms with van der Waals surface area (Å²) in [7, 11) is 0. The number of Topliss-reactive ketones (excluding diaryl/α,β-unsaturated/α-hetero) is 1. The van der Waals surface area contributed by atoms with Crippen molar-refractivity contribution in [3.63, 3.8) is 0 Å². The fraction of sp³-hybridized carbons (Fsp3) is 0.300. The maximum absolute atomic E-state index is 11.3. The molecule has 0 spiro atoms. The molecular weight excluding hydrogens is 207 g/mol. The zero-order valence-corrected chi connectivity index (χ0v) is 8.99. The molecule has 0 aliphatic rings. The SMILES string of the molecule is CCCC(=O)c1ccc(Cl)cc1.Cl. The number of carbonyl (C=O) groups is 1. The molecule has 0 aliphatic carbocycles. The van der Waals surface area contributed by atoms with Gasteiger partial charge < -0.3 is 0 Å². The maximum atomic E-state index is 11.3. The molecule has 1 nitrogen and oxygen atoms in total. The van der Waals surface area contributed by atoms with Crippen molar-refractivity contribution in [3.05, 3.63) is 34.9 Å². The van der Waals surface area contributed by atoms with Crippen molar-refractivity contribution < 1.29 is 4.79 Å². The maximum Gasteiger partial charge on any atom is 0.162 e. The molecule has 3 heteroatoms. The second kappa shape index (κ2) is 6.01.